The van der Waals surface area contributed by atoms with Crippen LogP contribution in [-0.2, 0) is 27.4 Å². The van der Waals surface area contributed by atoms with Crippen LogP contribution in [0.3, 0.4) is 0 Å². The molecule has 0 saturated heterocycles. The van der Waals surface area contributed by atoms with Gasteiger partial charge in [0.25, 0.3) is 0 Å². The van der Waals surface area contributed by atoms with Crippen molar-refractivity contribution >= 4 is 21.2 Å². The number of sulfone groups is 1. The van der Waals surface area contributed by atoms with Gasteiger partial charge in [0.2, 0.25) is 0 Å². The van der Waals surface area contributed by atoms with Gasteiger partial charge in [-0.1, -0.05) is 0 Å². The number of fused-ring (bicyclic) bond motifs is 1. The Labute approximate surface area is 99.6 Å². The van der Waals surface area contributed by atoms with Crippen molar-refractivity contribution < 1.29 is 8.42 Å². The fourth-order valence-corrected chi connectivity index (χ4v) is 4.57. The molecule has 0 N–H and O–H groups in total. The lowest BCUT2D eigenvalue weighted by Gasteiger charge is -2.11. The summed E-state index contributed by atoms with van der Waals surface area (Å²) in [6, 6.07) is 4.14. The molecule has 1 aliphatic heterocycles. The summed E-state index contributed by atoms with van der Waals surface area (Å²) in [7, 11) is -2.91. The van der Waals surface area contributed by atoms with Crippen molar-refractivity contribution in [3.63, 3.8) is 0 Å². The Hall–Kier alpha value is -0.860. The molecule has 0 atom stereocenters. The standard InChI is InChI=1S/C11H13NO2S2/c1-11(2,7-12)10-5-8-6-16(13,14)4-3-9(8)15-10/h5H,3-4,6H2,1-2H3. The second-order valence-electron chi connectivity index (χ2n) is 4.64. The molecule has 86 valence electrons. The molecule has 0 spiro atoms. The molecule has 3 nitrogen and oxygen atoms in total. The van der Waals surface area contributed by atoms with E-state index < -0.39 is 15.3 Å². The van der Waals surface area contributed by atoms with Crippen LogP contribution in [0.1, 0.15) is 29.2 Å². The molecule has 0 bridgehead atoms. The summed E-state index contributed by atoms with van der Waals surface area (Å²) < 4.78 is 23.0. The molecule has 16 heavy (non-hydrogen) atoms. The van der Waals surface area contributed by atoms with Gasteiger partial charge in [0.05, 0.1) is 23.0 Å². The minimum atomic E-state index is -2.91. The van der Waals surface area contributed by atoms with Crippen molar-refractivity contribution in [3.8, 4) is 6.07 Å². The summed E-state index contributed by atoms with van der Waals surface area (Å²) in [4.78, 5) is 2.10. The topological polar surface area (TPSA) is 57.9 Å². The largest absolute Gasteiger partial charge is 0.228 e. The number of rotatable bonds is 1. The van der Waals surface area contributed by atoms with Gasteiger partial charge in [-0.05, 0) is 31.9 Å². The summed E-state index contributed by atoms with van der Waals surface area (Å²) in [5.41, 5.74) is 0.376. The zero-order chi connectivity index (χ0) is 12.0. The Bertz CT molecular complexity index is 561. The van der Waals surface area contributed by atoms with Gasteiger partial charge in [0.1, 0.15) is 0 Å². The first-order valence-corrected chi connectivity index (χ1v) is 7.71. The molecular weight excluding hydrogens is 242 g/mol. The highest BCUT2D eigenvalue weighted by atomic mass is 32.2. The zero-order valence-corrected chi connectivity index (χ0v) is 10.9. The van der Waals surface area contributed by atoms with Crippen molar-refractivity contribution in [1.29, 1.82) is 5.26 Å². The summed E-state index contributed by atoms with van der Waals surface area (Å²) in [6.45, 7) is 3.72. The van der Waals surface area contributed by atoms with Crippen LogP contribution in [0.2, 0.25) is 0 Å². The van der Waals surface area contributed by atoms with E-state index in [2.05, 4.69) is 6.07 Å². The molecule has 0 fully saturated rings. The molecule has 1 aliphatic rings. The van der Waals surface area contributed by atoms with E-state index in [1.165, 1.54) is 0 Å². The third-order valence-corrected chi connectivity index (χ3v) is 5.95. The highest BCUT2D eigenvalue weighted by Gasteiger charge is 2.28. The fraction of sp³-hybridized carbons (Fsp3) is 0.545. The summed E-state index contributed by atoms with van der Waals surface area (Å²) in [6.07, 6.45) is 0.601. The van der Waals surface area contributed by atoms with Gasteiger partial charge in [0.15, 0.2) is 9.84 Å². The van der Waals surface area contributed by atoms with Crippen LogP contribution in [0.5, 0.6) is 0 Å². The van der Waals surface area contributed by atoms with Crippen LogP contribution >= 0.6 is 11.3 Å². The monoisotopic (exact) mass is 255 g/mol. The lowest BCUT2D eigenvalue weighted by Crippen LogP contribution is -2.16. The maximum Gasteiger partial charge on any atom is 0.154 e. The van der Waals surface area contributed by atoms with Crippen molar-refractivity contribution in [3.05, 3.63) is 21.4 Å². The van der Waals surface area contributed by atoms with E-state index in [4.69, 9.17) is 5.26 Å². The molecule has 2 heterocycles. The van der Waals surface area contributed by atoms with Crippen LogP contribution in [0.25, 0.3) is 0 Å². The Morgan fingerprint density at radius 2 is 2.19 bits per heavy atom. The van der Waals surface area contributed by atoms with Gasteiger partial charge in [0, 0.05) is 9.75 Å². The van der Waals surface area contributed by atoms with Gasteiger partial charge in [-0.15, -0.1) is 11.3 Å². The minimum absolute atomic E-state index is 0.139. The van der Waals surface area contributed by atoms with E-state index >= 15 is 0 Å². The molecule has 1 aromatic heterocycles. The predicted octanol–water partition coefficient (Wildman–Crippen LogP) is 2.02. The molecule has 0 unspecified atom stereocenters. The predicted molar refractivity (Wildman–Crippen MR) is 64.2 cm³/mol. The van der Waals surface area contributed by atoms with Crippen molar-refractivity contribution in [2.24, 2.45) is 0 Å². The molecule has 0 aromatic carbocycles. The Morgan fingerprint density at radius 3 is 2.81 bits per heavy atom. The normalized spacial score (nSPS) is 18.8. The lowest BCUT2D eigenvalue weighted by atomic mass is 9.93. The molecule has 0 aliphatic carbocycles. The number of hydrogen-bond donors (Lipinski definition) is 0. The molecule has 2 rings (SSSR count). The first kappa shape index (κ1) is 11.6. The van der Waals surface area contributed by atoms with Crippen molar-refractivity contribution in [1.82, 2.24) is 0 Å². The fourth-order valence-electron chi connectivity index (χ4n) is 1.72. The Balaban J connectivity index is 2.44. The van der Waals surface area contributed by atoms with Crippen LogP contribution < -0.4 is 0 Å². The SMILES string of the molecule is CC(C)(C#N)c1cc2c(s1)CCS(=O)(=O)C2. The Kier molecular flexibility index (Phi) is 2.59. The van der Waals surface area contributed by atoms with Gasteiger partial charge >= 0.3 is 0 Å². The molecule has 0 radical (unpaired) electrons. The van der Waals surface area contributed by atoms with Crippen LogP contribution in [0.15, 0.2) is 6.07 Å². The minimum Gasteiger partial charge on any atom is -0.228 e. The lowest BCUT2D eigenvalue weighted by molar-refractivity contribution is 0.592. The van der Waals surface area contributed by atoms with Gasteiger partial charge in [-0.3, -0.25) is 0 Å². The number of hydrogen-bond acceptors (Lipinski definition) is 4. The van der Waals surface area contributed by atoms with Crippen molar-refractivity contribution in [2.75, 3.05) is 5.75 Å². The highest BCUT2D eigenvalue weighted by molar-refractivity contribution is 7.90. The van der Waals surface area contributed by atoms with Crippen LogP contribution in [-0.4, -0.2) is 14.2 Å². The molecule has 0 saturated carbocycles. The second-order valence-corrected chi connectivity index (χ2v) is 7.96. The number of thiophene rings is 1. The quantitative estimate of drug-likeness (QED) is 0.771. The first-order chi connectivity index (χ1) is 7.34. The smallest absolute Gasteiger partial charge is 0.154 e. The number of nitriles is 1. The second kappa shape index (κ2) is 3.57. The summed E-state index contributed by atoms with van der Waals surface area (Å²) in [5.74, 6) is 0.382. The van der Waals surface area contributed by atoms with E-state index in [9.17, 15) is 8.42 Å². The van der Waals surface area contributed by atoms with Crippen LogP contribution in [0, 0.1) is 11.3 Å². The molecule has 1 aromatic rings. The third kappa shape index (κ3) is 2.00. The third-order valence-electron chi connectivity index (χ3n) is 2.81. The van der Waals surface area contributed by atoms with E-state index in [-0.39, 0.29) is 11.5 Å². The summed E-state index contributed by atoms with van der Waals surface area (Å²) >= 11 is 1.58. The maximum atomic E-state index is 11.5. The molecular formula is C11H13NO2S2. The number of aryl methyl sites for hydroxylation is 1. The van der Waals surface area contributed by atoms with Crippen molar-refractivity contribution in [2.45, 2.75) is 31.4 Å². The van der Waals surface area contributed by atoms with E-state index in [0.29, 0.717) is 6.42 Å². The van der Waals surface area contributed by atoms with E-state index in [1.807, 2.05) is 19.9 Å². The van der Waals surface area contributed by atoms with E-state index in [0.717, 1.165) is 15.3 Å². The van der Waals surface area contributed by atoms with Gasteiger partial charge < -0.3 is 0 Å². The molecule has 0 amide bonds. The van der Waals surface area contributed by atoms with E-state index in [1.54, 1.807) is 11.3 Å². The first-order valence-electron chi connectivity index (χ1n) is 5.08. The zero-order valence-electron chi connectivity index (χ0n) is 9.28. The average Bonchev–Trinajstić information content (AvgIpc) is 2.59. The highest BCUT2D eigenvalue weighted by Crippen LogP contribution is 2.35. The number of nitrogens with zero attached hydrogens (tertiary/aromatic N) is 1. The van der Waals surface area contributed by atoms with Crippen LogP contribution in [0.4, 0.5) is 0 Å². The molecule has 5 heteroatoms. The van der Waals surface area contributed by atoms with Gasteiger partial charge in [-0.2, -0.15) is 5.26 Å². The Morgan fingerprint density at radius 1 is 1.50 bits per heavy atom. The maximum absolute atomic E-state index is 11.5. The summed E-state index contributed by atoms with van der Waals surface area (Å²) in [5, 5.41) is 9.05. The van der Waals surface area contributed by atoms with Gasteiger partial charge in [-0.25, -0.2) is 8.42 Å². The average molecular weight is 255 g/mol.